The van der Waals surface area contributed by atoms with Gasteiger partial charge in [-0.2, -0.15) is 0 Å². The second-order valence-corrected chi connectivity index (χ2v) is 4.98. The highest BCUT2D eigenvalue weighted by atomic mass is 19.1. The van der Waals surface area contributed by atoms with Crippen LogP contribution in [-0.2, 0) is 0 Å². The van der Waals surface area contributed by atoms with E-state index in [9.17, 15) is 4.39 Å². The number of hydrogen-bond acceptors (Lipinski definition) is 2. The van der Waals surface area contributed by atoms with Gasteiger partial charge in [0.05, 0.1) is 0 Å². The fourth-order valence-corrected chi connectivity index (χ4v) is 2.03. The minimum absolute atomic E-state index is 0.0730. The lowest BCUT2D eigenvalue weighted by molar-refractivity contribution is 0.512. The summed E-state index contributed by atoms with van der Waals surface area (Å²) in [7, 11) is 0. The van der Waals surface area contributed by atoms with Gasteiger partial charge in [0.2, 0.25) is 0 Å². The van der Waals surface area contributed by atoms with Gasteiger partial charge in [0.15, 0.2) is 0 Å². The summed E-state index contributed by atoms with van der Waals surface area (Å²) in [5.74, 6) is 0.764. The molecule has 1 aliphatic carbocycles. The molecule has 1 aromatic rings. The van der Waals surface area contributed by atoms with Crippen molar-refractivity contribution in [2.75, 3.05) is 13.1 Å². The smallest absolute Gasteiger partial charge is 0.126 e. The van der Waals surface area contributed by atoms with Crippen LogP contribution in [0.3, 0.4) is 0 Å². The lowest BCUT2D eigenvalue weighted by Gasteiger charge is -2.17. The highest BCUT2D eigenvalue weighted by Crippen LogP contribution is 2.31. The molecule has 0 spiro atoms. The summed E-state index contributed by atoms with van der Waals surface area (Å²) < 4.78 is 13.5. The van der Waals surface area contributed by atoms with Gasteiger partial charge in [-0.05, 0) is 43.0 Å². The molecule has 0 heterocycles. The van der Waals surface area contributed by atoms with Gasteiger partial charge in [-0.3, -0.25) is 0 Å². The first-order chi connectivity index (χ1) is 8.20. The van der Waals surface area contributed by atoms with Crippen LogP contribution in [0.1, 0.15) is 36.4 Å². The third-order valence-electron chi connectivity index (χ3n) is 3.47. The Morgan fingerprint density at radius 2 is 2.24 bits per heavy atom. The second kappa shape index (κ2) is 5.61. The van der Waals surface area contributed by atoms with Crippen LogP contribution in [0.2, 0.25) is 0 Å². The van der Waals surface area contributed by atoms with Gasteiger partial charge >= 0.3 is 0 Å². The van der Waals surface area contributed by atoms with Gasteiger partial charge in [-0.1, -0.05) is 25.0 Å². The number of aryl methyl sites for hydroxylation is 1. The number of halogens is 1. The predicted octanol–water partition coefficient (Wildman–Crippen LogP) is 2.52. The van der Waals surface area contributed by atoms with Crippen LogP contribution in [0.25, 0.3) is 0 Å². The minimum Gasteiger partial charge on any atom is -0.329 e. The zero-order valence-corrected chi connectivity index (χ0v) is 10.4. The molecule has 1 unspecified atom stereocenters. The highest BCUT2D eigenvalue weighted by Gasteiger charge is 2.21. The maximum atomic E-state index is 13.5. The van der Waals surface area contributed by atoms with Crippen LogP contribution in [0.5, 0.6) is 0 Å². The molecule has 2 nitrogen and oxygen atoms in total. The molecule has 94 valence electrons. The van der Waals surface area contributed by atoms with Crippen LogP contribution in [-0.4, -0.2) is 13.1 Å². The first-order valence-corrected chi connectivity index (χ1v) is 6.40. The van der Waals surface area contributed by atoms with Crippen molar-refractivity contribution < 1.29 is 4.39 Å². The van der Waals surface area contributed by atoms with Gasteiger partial charge in [0, 0.05) is 12.6 Å². The average molecular weight is 236 g/mol. The van der Waals surface area contributed by atoms with E-state index in [0.717, 1.165) is 18.0 Å². The molecule has 0 radical (unpaired) electrons. The van der Waals surface area contributed by atoms with E-state index in [1.165, 1.54) is 19.3 Å². The molecule has 1 atom stereocenters. The summed E-state index contributed by atoms with van der Waals surface area (Å²) in [6.07, 6.45) is 3.95. The average Bonchev–Trinajstić information content (AvgIpc) is 3.12. The molecule has 0 aliphatic heterocycles. The SMILES string of the molecule is Cc1ccc(C(CN)NCCC2CC2)cc1F. The molecule has 0 saturated heterocycles. The molecule has 2 rings (SSSR count). The Balaban J connectivity index is 1.92. The van der Waals surface area contributed by atoms with E-state index >= 15 is 0 Å². The van der Waals surface area contributed by atoms with Crippen LogP contribution in [0.15, 0.2) is 18.2 Å². The van der Waals surface area contributed by atoms with Gasteiger partial charge in [0.1, 0.15) is 5.82 Å². The van der Waals surface area contributed by atoms with Gasteiger partial charge < -0.3 is 11.1 Å². The van der Waals surface area contributed by atoms with E-state index in [0.29, 0.717) is 12.1 Å². The summed E-state index contributed by atoms with van der Waals surface area (Å²) >= 11 is 0. The van der Waals surface area contributed by atoms with Crippen LogP contribution in [0, 0.1) is 18.7 Å². The highest BCUT2D eigenvalue weighted by molar-refractivity contribution is 5.26. The quantitative estimate of drug-likeness (QED) is 0.796. The Kier molecular flexibility index (Phi) is 4.13. The molecular formula is C14H21FN2. The standard InChI is InChI=1S/C14H21FN2/c1-10-2-5-12(8-13(10)15)14(9-16)17-7-6-11-3-4-11/h2,5,8,11,14,17H,3-4,6-7,9,16H2,1H3. The predicted molar refractivity (Wildman–Crippen MR) is 68.3 cm³/mol. The van der Waals surface area contributed by atoms with E-state index < -0.39 is 0 Å². The number of benzene rings is 1. The molecule has 1 saturated carbocycles. The second-order valence-electron chi connectivity index (χ2n) is 4.98. The van der Waals surface area contributed by atoms with E-state index in [1.54, 1.807) is 13.0 Å². The molecule has 0 bridgehead atoms. The Morgan fingerprint density at radius 1 is 1.47 bits per heavy atom. The summed E-state index contributed by atoms with van der Waals surface area (Å²) in [6.45, 7) is 3.26. The van der Waals surface area contributed by atoms with Crippen molar-refractivity contribution >= 4 is 0 Å². The maximum absolute atomic E-state index is 13.5. The molecule has 17 heavy (non-hydrogen) atoms. The summed E-state index contributed by atoms with van der Waals surface area (Å²) in [5.41, 5.74) is 7.37. The van der Waals surface area contributed by atoms with Crippen molar-refractivity contribution in [3.63, 3.8) is 0 Å². The van der Waals surface area contributed by atoms with Crippen LogP contribution >= 0.6 is 0 Å². The molecule has 3 N–H and O–H groups in total. The molecule has 1 fully saturated rings. The molecule has 0 aromatic heterocycles. The molecule has 1 aromatic carbocycles. The Hall–Kier alpha value is -0.930. The minimum atomic E-state index is -0.148. The van der Waals surface area contributed by atoms with Crippen molar-refractivity contribution in [1.82, 2.24) is 5.32 Å². The fourth-order valence-electron chi connectivity index (χ4n) is 2.03. The van der Waals surface area contributed by atoms with Gasteiger partial charge in [0.25, 0.3) is 0 Å². The number of hydrogen-bond donors (Lipinski definition) is 2. The third-order valence-corrected chi connectivity index (χ3v) is 3.47. The summed E-state index contributed by atoms with van der Waals surface area (Å²) in [4.78, 5) is 0. The lowest BCUT2D eigenvalue weighted by atomic mass is 10.0. The molecule has 3 heteroatoms. The van der Waals surface area contributed by atoms with E-state index in [4.69, 9.17) is 5.73 Å². The lowest BCUT2D eigenvalue weighted by Crippen LogP contribution is -2.29. The molecule has 0 amide bonds. The van der Waals surface area contributed by atoms with Crippen molar-refractivity contribution in [2.45, 2.75) is 32.2 Å². The first kappa shape index (κ1) is 12.5. The van der Waals surface area contributed by atoms with Crippen LogP contribution in [0.4, 0.5) is 4.39 Å². The molecule has 1 aliphatic rings. The number of nitrogens with two attached hydrogens (primary N) is 1. The Morgan fingerprint density at radius 3 is 2.82 bits per heavy atom. The van der Waals surface area contributed by atoms with E-state index in [-0.39, 0.29) is 11.9 Å². The third kappa shape index (κ3) is 3.51. The van der Waals surface area contributed by atoms with Gasteiger partial charge in [-0.25, -0.2) is 4.39 Å². The largest absolute Gasteiger partial charge is 0.329 e. The topological polar surface area (TPSA) is 38.0 Å². The van der Waals surface area contributed by atoms with Crippen LogP contribution < -0.4 is 11.1 Å². The first-order valence-electron chi connectivity index (χ1n) is 6.40. The summed E-state index contributed by atoms with van der Waals surface area (Å²) in [5, 5.41) is 3.41. The van der Waals surface area contributed by atoms with Gasteiger partial charge in [-0.15, -0.1) is 0 Å². The van der Waals surface area contributed by atoms with E-state index in [1.807, 2.05) is 12.1 Å². The summed E-state index contributed by atoms with van der Waals surface area (Å²) in [6, 6.07) is 5.44. The zero-order chi connectivity index (χ0) is 12.3. The van der Waals surface area contributed by atoms with Crippen molar-refractivity contribution in [3.8, 4) is 0 Å². The van der Waals surface area contributed by atoms with Crippen molar-refractivity contribution in [2.24, 2.45) is 11.7 Å². The van der Waals surface area contributed by atoms with E-state index in [2.05, 4.69) is 5.32 Å². The normalized spacial score (nSPS) is 17.1. The van der Waals surface area contributed by atoms with Crippen molar-refractivity contribution in [1.29, 1.82) is 0 Å². The van der Waals surface area contributed by atoms with Crippen molar-refractivity contribution in [3.05, 3.63) is 35.1 Å². The molecular weight excluding hydrogens is 215 g/mol. The fraction of sp³-hybridized carbons (Fsp3) is 0.571. The monoisotopic (exact) mass is 236 g/mol. The number of nitrogens with one attached hydrogen (secondary N) is 1. The Bertz CT molecular complexity index is 374. The Labute approximate surface area is 102 Å². The number of rotatable bonds is 6. The maximum Gasteiger partial charge on any atom is 0.126 e. The zero-order valence-electron chi connectivity index (χ0n) is 10.4.